The SMILES string of the molecule is O=c1[nH]nc(C(F)(F)C(F)(F)C(F)(F)C(F)(F)C(F)(F)C(F)(F)C(F)(F)F)nc1NO. The maximum absolute atomic E-state index is 13.8. The van der Waals surface area contributed by atoms with Crippen LogP contribution < -0.4 is 11.0 Å². The van der Waals surface area contributed by atoms with Gasteiger partial charge >= 0.3 is 47.3 Å². The Balaban J connectivity index is 3.71. The number of nitrogens with zero attached hydrogens (tertiary/aromatic N) is 2. The van der Waals surface area contributed by atoms with E-state index in [0.717, 1.165) is 5.10 Å². The molecule has 0 saturated heterocycles. The largest absolute Gasteiger partial charge is 0.460 e. The van der Waals surface area contributed by atoms with Gasteiger partial charge in [-0.15, -0.1) is 0 Å². The molecule has 0 atom stereocenters. The van der Waals surface area contributed by atoms with Crippen molar-refractivity contribution in [2.75, 3.05) is 5.48 Å². The average molecular weight is 496 g/mol. The van der Waals surface area contributed by atoms with Crippen LogP contribution in [-0.2, 0) is 5.92 Å². The van der Waals surface area contributed by atoms with Crippen molar-refractivity contribution in [3.63, 3.8) is 0 Å². The molecule has 0 saturated carbocycles. The molecule has 31 heavy (non-hydrogen) atoms. The van der Waals surface area contributed by atoms with Crippen LogP contribution in [0, 0.1) is 0 Å². The molecular weight excluding hydrogens is 493 g/mol. The van der Waals surface area contributed by atoms with Crippen LogP contribution in [-0.4, -0.2) is 56.2 Å². The number of hydrogen-bond acceptors (Lipinski definition) is 5. The van der Waals surface area contributed by atoms with Gasteiger partial charge in [0.2, 0.25) is 11.6 Å². The van der Waals surface area contributed by atoms with Gasteiger partial charge in [0, 0.05) is 0 Å². The minimum atomic E-state index is -8.47. The van der Waals surface area contributed by atoms with Gasteiger partial charge in [-0.3, -0.25) is 10.0 Å². The lowest BCUT2D eigenvalue weighted by Gasteiger charge is -2.41. The van der Waals surface area contributed by atoms with Gasteiger partial charge in [-0.25, -0.2) is 15.6 Å². The first kappa shape index (κ1) is 26.6. The highest BCUT2D eigenvalue weighted by Gasteiger charge is 2.93. The fourth-order valence-electron chi connectivity index (χ4n) is 1.66. The summed E-state index contributed by atoms with van der Waals surface area (Å²) in [6.45, 7) is 0. The Morgan fingerprint density at radius 2 is 1.06 bits per heavy atom. The number of H-pyrrole nitrogens is 1. The molecule has 1 rings (SSSR count). The highest BCUT2D eigenvalue weighted by atomic mass is 19.4. The third kappa shape index (κ3) is 3.41. The molecule has 6 nitrogen and oxygen atoms in total. The number of aromatic amines is 1. The van der Waals surface area contributed by atoms with Crippen molar-refractivity contribution < 1.29 is 71.1 Å². The smallest absolute Gasteiger partial charge is 0.290 e. The first-order chi connectivity index (χ1) is 13.4. The zero-order valence-electron chi connectivity index (χ0n) is 13.4. The molecule has 0 unspecified atom stereocenters. The van der Waals surface area contributed by atoms with Crippen LogP contribution in [0.2, 0.25) is 0 Å². The van der Waals surface area contributed by atoms with Crippen molar-refractivity contribution in [1.82, 2.24) is 15.2 Å². The zero-order valence-corrected chi connectivity index (χ0v) is 13.4. The van der Waals surface area contributed by atoms with E-state index in [1.807, 2.05) is 10.1 Å². The van der Waals surface area contributed by atoms with E-state index >= 15 is 0 Å². The van der Waals surface area contributed by atoms with Gasteiger partial charge in [0.15, 0.2) is 0 Å². The van der Waals surface area contributed by atoms with E-state index in [1.54, 1.807) is 0 Å². The molecule has 0 aliphatic carbocycles. The average Bonchev–Trinajstić information content (AvgIpc) is 2.60. The van der Waals surface area contributed by atoms with Crippen LogP contribution in [0.3, 0.4) is 0 Å². The van der Waals surface area contributed by atoms with Crippen molar-refractivity contribution in [3.05, 3.63) is 16.2 Å². The molecule has 180 valence electrons. The highest BCUT2D eigenvalue weighted by Crippen LogP contribution is 2.63. The van der Waals surface area contributed by atoms with Gasteiger partial charge in [-0.05, 0) is 0 Å². The number of hydrogen-bond donors (Lipinski definition) is 3. The summed E-state index contributed by atoms with van der Waals surface area (Å²) in [5.41, 5.74) is -1.17. The van der Waals surface area contributed by atoms with Crippen LogP contribution in [0.1, 0.15) is 5.82 Å². The molecule has 1 aromatic rings. The van der Waals surface area contributed by atoms with E-state index in [-0.39, 0.29) is 0 Å². The summed E-state index contributed by atoms with van der Waals surface area (Å²) in [6.07, 6.45) is -7.71. The van der Waals surface area contributed by atoms with E-state index in [9.17, 15) is 70.7 Å². The maximum Gasteiger partial charge on any atom is 0.460 e. The Morgan fingerprint density at radius 1 is 0.677 bits per heavy atom. The van der Waals surface area contributed by atoms with Gasteiger partial charge in [0.25, 0.3) is 0 Å². The molecule has 0 aromatic carbocycles. The molecule has 0 amide bonds. The van der Waals surface area contributed by atoms with Crippen LogP contribution in [0.4, 0.5) is 71.7 Å². The first-order valence-electron chi connectivity index (χ1n) is 6.66. The van der Waals surface area contributed by atoms with Gasteiger partial charge in [0.05, 0.1) is 0 Å². The highest BCUT2D eigenvalue weighted by molar-refractivity contribution is 5.28. The van der Waals surface area contributed by atoms with Gasteiger partial charge < -0.3 is 0 Å². The number of nitrogens with one attached hydrogen (secondary N) is 2. The van der Waals surface area contributed by atoms with Crippen molar-refractivity contribution in [3.8, 4) is 0 Å². The second-order valence-electron chi connectivity index (χ2n) is 5.39. The standard InChI is InChI=1S/C10H3F15N4O2/c11-4(12,3-26-1(29-31)2(30)27-28-3)5(13,14)6(15,16)7(17,18)8(19,20)9(21,22)10(23,24)25/h31H,(H,27,30)(H,26,28,29). The fourth-order valence-corrected chi connectivity index (χ4v) is 1.66. The monoisotopic (exact) mass is 496 g/mol. The summed E-state index contributed by atoms with van der Waals surface area (Å²) >= 11 is 0. The Morgan fingerprint density at radius 3 is 1.45 bits per heavy atom. The predicted molar refractivity (Wildman–Crippen MR) is 62.7 cm³/mol. The third-order valence-electron chi connectivity index (χ3n) is 3.41. The lowest BCUT2D eigenvalue weighted by Crippen LogP contribution is -2.72. The summed E-state index contributed by atoms with van der Waals surface area (Å²) in [5.74, 6) is -53.0. The van der Waals surface area contributed by atoms with E-state index in [1.165, 1.54) is 0 Å². The molecule has 0 aliphatic rings. The quantitative estimate of drug-likeness (QED) is 0.395. The number of alkyl halides is 15. The molecule has 1 heterocycles. The van der Waals surface area contributed by atoms with Crippen LogP contribution in [0.25, 0.3) is 0 Å². The van der Waals surface area contributed by atoms with Crippen LogP contribution in [0.5, 0.6) is 0 Å². The second-order valence-corrected chi connectivity index (χ2v) is 5.39. The van der Waals surface area contributed by atoms with Gasteiger partial charge in [0.1, 0.15) is 0 Å². The van der Waals surface area contributed by atoms with Crippen molar-refractivity contribution >= 4 is 5.82 Å². The van der Waals surface area contributed by atoms with Gasteiger partial charge in [-0.1, -0.05) is 0 Å². The Bertz CT molecular complexity index is 877. The Labute approximate surface area is 157 Å². The first-order valence-corrected chi connectivity index (χ1v) is 6.66. The van der Waals surface area contributed by atoms with Crippen LogP contribution in [0.15, 0.2) is 4.79 Å². The lowest BCUT2D eigenvalue weighted by molar-refractivity contribution is -0.454. The molecule has 0 fully saturated rings. The summed E-state index contributed by atoms with van der Waals surface area (Å²) in [5, 5.41) is 11.1. The molecule has 0 spiro atoms. The zero-order chi connectivity index (χ0) is 25.1. The van der Waals surface area contributed by atoms with Crippen LogP contribution >= 0.6 is 0 Å². The van der Waals surface area contributed by atoms with Crippen molar-refractivity contribution in [2.45, 2.75) is 41.7 Å². The fraction of sp³-hybridized carbons (Fsp3) is 0.700. The molecule has 0 bridgehead atoms. The second kappa shape index (κ2) is 7.02. The summed E-state index contributed by atoms with van der Waals surface area (Å²) in [7, 11) is 0. The Kier molecular flexibility index (Phi) is 6.01. The summed E-state index contributed by atoms with van der Waals surface area (Å²) in [4.78, 5) is 12.9. The van der Waals surface area contributed by atoms with E-state index in [4.69, 9.17) is 5.21 Å². The molecule has 3 N–H and O–H groups in total. The minimum absolute atomic E-state index is 0.636. The molecule has 21 heteroatoms. The third-order valence-corrected chi connectivity index (χ3v) is 3.41. The minimum Gasteiger partial charge on any atom is -0.290 e. The van der Waals surface area contributed by atoms with Crippen molar-refractivity contribution in [1.29, 1.82) is 0 Å². The Hall–Kier alpha value is -2.48. The molecule has 0 radical (unpaired) electrons. The lowest BCUT2D eigenvalue weighted by atomic mass is 9.91. The van der Waals surface area contributed by atoms with Crippen molar-refractivity contribution in [2.24, 2.45) is 0 Å². The number of aromatic nitrogens is 3. The summed E-state index contributed by atoms with van der Waals surface area (Å²) < 4.78 is 196. The number of anilines is 1. The number of halogens is 15. The van der Waals surface area contributed by atoms with E-state index in [0.29, 0.717) is 5.48 Å². The predicted octanol–water partition coefficient (Wildman–Crippen LogP) is 3.80. The molecule has 0 aliphatic heterocycles. The molecular formula is C10H3F15N4O2. The molecule has 1 aromatic heterocycles. The van der Waals surface area contributed by atoms with E-state index in [2.05, 4.69) is 0 Å². The normalized spacial score (nSPS) is 15.2. The topological polar surface area (TPSA) is 90.9 Å². The van der Waals surface area contributed by atoms with Gasteiger partial charge in [-0.2, -0.15) is 71.0 Å². The summed E-state index contributed by atoms with van der Waals surface area (Å²) in [6, 6.07) is 0. The maximum atomic E-state index is 13.8. The number of rotatable bonds is 7. The van der Waals surface area contributed by atoms with E-state index < -0.39 is 58.9 Å².